The van der Waals surface area contributed by atoms with E-state index in [1.807, 2.05) is 246 Å². The Labute approximate surface area is 728 Å². The van der Waals surface area contributed by atoms with Crippen LogP contribution in [0.5, 0.6) is 23.0 Å². The number of fused-ring (bicyclic) bond motifs is 4. The second-order valence-electron chi connectivity index (χ2n) is 32.2. The fraction of sp³-hybridized carbons (Fsp3) is 0.154. The van der Waals surface area contributed by atoms with Crippen molar-refractivity contribution in [2.24, 2.45) is 23.7 Å². The maximum absolute atomic E-state index is 13.5. The Kier molecular flexibility index (Phi) is 22.6. The minimum atomic E-state index is -0.747. The summed E-state index contributed by atoms with van der Waals surface area (Å²) in [5.74, 6) is -3.41. The van der Waals surface area contributed by atoms with Crippen molar-refractivity contribution < 1.29 is 79.2 Å². The number of ketones is 4. The van der Waals surface area contributed by atoms with E-state index in [1.54, 1.807) is 48.5 Å². The zero-order valence-corrected chi connectivity index (χ0v) is 70.6. The van der Waals surface area contributed by atoms with Crippen LogP contribution in [-0.2, 0) is 19.2 Å². The van der Waals surface area contributed by atoms with Crippen molar-refractivity contribution in [2.75, 3.05) is 0 Å². The molecule has 4 aliphatic rings. The maximum atomic E-state index is 13.5. The van der Waals surface area contributed by atoms with Crippen LogP contribution in [-0.4, -0.2) is 87.9 Å². The first-order valence-corrected chi connectivity index (χ1v) is 43.8. The first-order chi connectivity index (χ1) is 59.7. The van der Waals surface area contributed by atoms with E-state index in [9.17, 15) is 79.2 Å². The number of benzene rings is 12. The molecule has 4 heterocycles. The third-order valence-corrected chi connectivity index (χ3v) is 28.5. The molecule has 0 aliphatic heterocycles. The Morgan fingerprint density at radius 3 is 0.710 bits per heavy atom. The van der Waals surface area contributed by atoms with Gasteiger partial charge in [-0.05, 0) is 211 Å². The van der Waals surface area contributed by atoms with E-state index in [0.29, 0.717) is 67.4 Å². The molecular formula is C104H80O16S4. The second-order valence-corrected chi connectivity index (χ2v) is 36.4. The number of thiophene rings is 4. The molecule has 8 unspecified atom stereocenters. The van der Waals surface area contributed by atoms with Gasteiger partial charge in [-0.25, -0.2) is 0 Å². The van der Waals surface area contributed by atoms with Crippen molar-refractivity contribution in [1.82, 2.24) is 0 Å². The van der Waals surface area contributed by atoms with Crippen LogP contribution in [0.1, 0.15) is 155 Å². The van der Waals surface area contributed by atoms with E-state index in [4.69, 9.17) is 0 Å². The van der Waals surface area contributed by atoms with E-state index in [0.717, 1.165) is 129 Å². The van der Waals surface area contributed by atoms with Crippen LogP contribution in [0.3, 0.4) is 0 Å². The van der Waals surface area contributed by atoms with Crippen LogP contribution in [0.15, 0.2) is 267 Å². The lowest BCUT2D eigenvalue weighted by Gasteiger charge is -2.08. The molecule has 4 fully saturated rings. The lowest BCUT2D eigenvalue weighted by Crippen LogP contribution is -2.03. The highest BCUT2D eigenvalue weighted by atomic mass is 32.1. The maximum Gasteiger partial charge on any atom is 0.307 e. The van der Waals surface area contributed by atoms with Crippen molar-refractivity contribution in [3.63, 3.8) is 0 Å². The summed E-state index contributed by atoms with van der Waals surface area (Å²) in [5, 5.41) is 80.3. The number of carbonyl (C=O) groups is 8. The largest absolute Gasteiger partial charge is 0.508 e. The van der Waals surface area contributed by atoms with Crippen LogP contribution >= 0.6 is 45.3 Å². The van der Waals surface area contributed by atoms with Crippen molar-refractivity contribution in [3.8, 4) is 67.5 Å². The molecule has 8 N–H and O–H groups in total. The lowest BCUT2D eigenvalue weighted by molar-refractivity contribution is -0.139. The third kappa shape index (κ3) is 16.7. The quantitative estimate of drug-likeness (QED) is 0.0329. The van der Waals surface area contributed by atoms with Crippen LogP contribution in [0, 0.1) is 51.4 Å². The summed E-state index contributed by atoms with van der Waals surface area (Å²) >= 11 is 5.53. The molecule has 616 valence electrons. The minimum Gasteiger partial charge on any atom is -0.508 e. The number of hydrogen-bond acceptors (Lipinski definition) is 16. The molecule has 0 amide bonds. The SMILES string of the molecule is Cc1ccc(C(=O)c2sc3cc(O)ccc3c2-c2ccc(C3CC3C(=O)O)cc2)cc1.Cc1ccccc1C(=O)c1sc2cc(O)ccc2c1-c1ccc(C2CC2C(=O)O)cc1.Cc1ccccc1C(=O)c1sc2cc(O)ccc2c1-c1ccc(C2CC2C(=O)O)cc1.Cc1ccccc1C(=O)c1sc2cc(O)ccc2c1-c1ccc(C2CC2C(=O)O)cc1. The van der Waals surface area contributed by atoms with Gasteiger partial charge < -0.3 is 40.9 Å². The predicted octanol–water partition coefficient (Wildman–Crippen LogP) is 24.0. The molecule has 4 saturated carbocycles. The van der Waals surface area contributed by atoms with E-state index >= 15 is 0 Å². The number of hydrogen-bond donors (Lipinski definition) is 8. The highest BCUT2D eigenvalue weighted by Gasteiger charge is 2.47. The van der Waals surface area contributed by atoms with Gasteiger partial charge in [0, 0.05) is 84.9 Å². The number of rotatable bonds is 20. The van der Waals surface area contributed by atoms with Gasteiger partial charge in [-0.2, -0.15) is 0 Å². The number of carboxylic acids is 4. The highest BCUT2D eigenvalue weighted by Crippen LogP contribution is 2.54. The molecule has 20 heteroatoms. The lowest BCUT2D eigenvalue weighted by atomic mass is 9.95. The molecule has 124 heavy (non-hydrogen) atoms. The second kappa shape index (κ2) is 33.9. The molecule has 16 nitrogen and oxygen atoms in total. The first-order valence-electron chi connectivity index (χ1n) is 40.5. The first kappa shape index (κ1) is 82.5. The highest BCUT2D eigenvalue weighted by molar-refractivity contribution is 7.23. The molecule has 20 rings (SSSR count). The minimum absolute atomic E-state index is 0.0361. The molecule has 16 aromatic rings. The van der Waals surface area contributed by atoms with Gasteiger partial charge in [-0.1, -0.05) is 200 Å². The summed E-state index contributed by atoms with van der Waals surface area (Å²) in [4.78, 5) is 101. The normalized spacial score (nSPS) is 17.6. The fourth-order valence-corrected chi connectivity index (χ4v) is 21.6. The van der Waals surface area contributed by atoms with E-state index in [2.05, 4.69) is 0 Å². The van der Waals surface area contributed by atoms with Crippen molar-refractivity contribution in [2.45, 2.75) is 77.0 Å². The predicted molar refractivity (Wildman–Crippen MR) is 488 cm³/mol. The molecule has 12 aromatic carbocycles. The summed E-state index contributed by atoms with van der Waals surface area (Å²) in [6.45, 7) is 7.76. The van der Waals surface area contributed by atoms with Crippen LogP contribution in [0.4, 0.5) is 0 Å². The Bertz CT molecular complexity index is 6490. The molecule has 0 spiro atoms. The average molecular weight is 1710 g/mol. The van der Waals surface area contributed by atoms with Gasteiger partial charge in [0.1, 0.15) is 23.0 Å². The zero-order chi connectivity index (χ0) is 86.8. The number of aliphatic carboxylic acids is 4. The fourth-order valence-electron chi connectivity index (χ4n) is 16.7. The third-order valence-electron chi connectivity index (χ3n) is 23.9. The molecule has 0 radical (unpaired) electrons. The Morgan fingerprint density at radius 2 is 0.492 bits per heavy atom. The van der Waals surface area contributed by atoms with Crippen molar-refractivity contribution in [3.05, 3.63) is 353 Å². The van der Waals surface area contributed by atoms with E-state index < -0.39 is 23.9 Å². The van der Waals surface area contributed by atoms with Gasteiger partial charge in [-0.15, -0.1) is 45.3 Å². The molecule has 0 saturated heterocycles. The van der Waals surface area contributed by atoms with Crippen LogP contribution in [0.2, 0.25) is 0 Å². The zero-order valence-electron chi connectivity index (χ0n) is 67.3. The van der Waals surface area contributed by atoms with Crippen molar-refractivity contribution in [1.29, 1.82) is 0 Å². The number of carbonyl (C=O) groups excluding carboxylic acids is 4. The monoisotopic (exact) mass is 1710 g/mol. The number of phenolic OH excluding ortho intramolecular Hbond substituents is 4. The number of aryl methyl sites for hydroxylation is 4. The molecule has 4 aliphatic carbocycles. The Hall–Kier alpha value is -13.8. The van der Waals surface area contributed by atoms with Gasteiger partial charge in [-0.3, -0.25) is 38.4 Å². The summed E-state index contributed by atoms with van der Waals surface area (Å²) < 4.78 is 3.40. The summed E-state index contributed by atoms with van der Waals surface area (Å²) in [6, 6.07) is 82.3. The van der Waals surface area contributed by atoms with Gasteiger partial charge >= 0.3 is 23.9 Å². The van der Waals surface area contributed by atoms with Crippen molar-refractivity contribution >= 4 is 133 Å². The molecular weight excluding hydrogens is 1630 g/mol. The van der Waals surface area contributed by atoms with Gasteiger partial charge in [0.2, 0.25) is 23.1 Å². The number of aromatic hydroxyl groups is 4. The molecule has 8 atom stereocenters. The van der Waals surface area contributed by atoms with E-state index in [1.165, 1.54) is 45.3 Å². The van der Waals surface area contributed by atoms with Gasteiger partial charge in [0.05, 0.1) is 43.2 Å². The van der Waals surface area contributed by atoms with Crippen LogP contribution < -0.4 is 0 Å². The summed E-state index contributed by atoms with van der Waals surface area (Å²) in [5.41, 5.74) is 17.6. The Morgan fingerprint density at radius 1 is 0.266 bits per heavy atom. The Balaban J connectivity index is 0.000000117. The molecule has 4 aromatic heterocycles. The molecule has 0 bridgehead atoms. The smallest absolute Gasteiger partial charge is 0.307 e. The topological polar surface area (TPSA) is 298 Å². The van der Waals surface area contributed by atoms with E-state index in [-0.39, 0.29) is 93.5 Å². The van der Waals surface area contributed by atoms with Gasteiger partial charge in [0.25, 0.3) is 0 Å². The number of carboxylic acid groups (broad SMARTS) is 4. The standard InChI is InChI=1S/4C26H20O4S/c1-14-2-4-17(5-3-14)24(28)25-23(19-11-10-18(27)12-22(19)31-25)16-8-6-15(7-9-16)20-13-21(20)26(29)30;3*1-14-4-2-3-5-18(14)24(28)25-23(19-11-10-17(27)12-22(19)31-25)16-8-6-15(7-9-16)20-13-21(20)26(29)30/h4*2-12,20-21,27H,13H2,1H3,(H,29,30). The number of phenols is 4. The summed E-state index contributed by atoms with van der Waals surface area (Å²) in [7, 11) is 0. The summed E-state index contributed by atoms with van der Waals surface area (Å²) in [6.07, 6.45) is 2.69. The average Bonchev–Trinajstić information content (AvgIpc) is 1.63. The van der Waals surface area contributed by atoms with Gasteiger partial charge in [0.15, 0.2) is 0 Å². The van der Waals surface area contributed by atoms with Crippen LogP contribution in [0.25, 0.3) is 84.9 Å².